The van der Waals surface area contributed by atoms with E-state index in [2.05, 4.69) is 4.74 Å². The van der Waals surface area contributed by atoms with Gasteiger partial charge in [-0.05, 0) is 26.0 Å². The summed E-state index contributed by atoms with van der Waals surface area (Å²) in [7, 11) is -3.93. The van der Waals surface area contributed by atoms with Crippen molar-refractivity contribution < 1.29 is 27.5 Å². The normalized spacial score (nSPS) is 11.2. The second kappa shape index (κ2) is 8.55. The molecule has 132 valence electrons. The minimum Gasteiger partial charge on any atom is -0.450 e. The van der Waals surface area contributed by atoms with E-state index in [0.717, 1.165) is 4.31 Å². The second-order valence-electron chi connectivity index (χ2n) is 4.78. The monoisotopic (exact) mass is 356 g/mol. The van der Waals surface area contributed by atoms with Crippen LogP contribution in [0.4, 0.5) is 4.79 Å². The Morgan fingerprint density at radius 1 is 1.12 bits per heavy atom. The molecular weight excluding hydrogens is 336 g/mol. The minimum absolute atomic E-state index is 0.0348. The summed E-state index contributed by atoms with van der Waals surface area (Å²) in [6.45, 7) is 4.13. The number of alkyl carbamates (subject to hydrolysis) is 1. The van der Waals surface area contributed by atoms with E-state index in [9.17, 15) is 22.8 Å². The van der Waals surface area contributed by atoms with Gasteiger partial charge in [0.15, 0.2) is 5.78 Å². The Hall–Kier alpha value is -2.26. The van der Waals surface area contributed by atoms with E-state index in [1.165, 1.54) is 31.2 Å². The van der Waals surface area contributed by atoms with Gasteiger partial charge in [-0.3, -0.25) is 14.9 Å². The van der Waals surface area contributed by atoms with Gasteiger partial charge in [-0.15, -0.1) is 0 Å². The van der Waals surface area contributed by atoms with E-state index in [1.807, 2.05) is 5.32 Å². The maximum absolute atomic E-state index is 12.5. The Morgan fingerprint density at radius 3 is 2.17 bits per heavy atom. The van der Waals surface area contributed by atoms with Gasteiger partial charge in [-0.2, -0.15) is 4.31 Å². The topological polar surface area (TPSA) is 110 Å². The van der Waals surface area contributed by atoms with E-state index >= 15 is 0 Å². The maximum Gasteiger partial charge on any atom is 0.413 e. The minimum atomic E-state index is -3.93. The van der Waals surface area contributed by atoms with Crippen LogP contribution >= 0.6 is 0 Å². The van der Waals surface area contributed by atoms with E-state index in [0.29, 0.717) is 5.56 Å². The van der Waals surface area contributed by atoms with Crippen molar-refractivity contribution >= 4 is 27.8 Å². The maximum atomic E-state index is 12.5. The van der Waals surface area contributed by atoms with Gasteiger partial charge in [-0.25, -0.2) is 13.2 Å². The molecule has 1 aromatic carbocycles. The largest absolute Gasteiger partial charge is 0.450 e. The molecule has 2 amide bonds. The SMILES string of the molecule is CCOC(=O)NC(=O)CN(CC)S(=O)(=O)c1ccc(C(C)=O)cc1. The second-order valence-corrected chi connectivity index (χ2v) is 6.72. The summed E-state index contributed by atoms with van der Waals surface area (Å²) in [6, 6.07) is 5.42. The molecule has 0 saturated carbocycles. The molecule has 9 heteroatoms. The number of likely N-dealkylation sites (N-methyl/N-ethyl adjacent to an activating group) is 1. The number of ketones is 1. The molecule has 0 aliphatic carbocycles. The summed E-state index contributed by atoms with van der Waals surface area (Å²) < 4.78 is 30.6. The van der Waals surface area contributed by atoms with Crippen LogP contribution in [0.1, 0.15) is 31.1 Å². The van der Waals surface area contributed by atoms with Crippen LogP contribution in [0.3, 0.4) is 0 Å². The zero-order chi connectivity index (χ0) is 18.3. The summed E-state index contributed by atoms with van der Waals surface area (Å²) in [6.07, 6.45) is -0.929. The van der Waals surface area contributed by atoms with Crippen LogP contribution in [0.2, 0.25) is 0 Å². The highest BCUT2D eigenvalue weighted by Gasteiger charge is 2.26. The molecule has 0 unspecified atom stereocenters. The number of nitrogens with one attached hydrogen (secondary N) is 1. The predicted molar refractivity (Wildman–Crippen MR) is 86.0 cm³/mol. The highest BCUT2D eigenvalue weighted by molar-refractivity contribution is 7.89. The highest BCUT2D eigenvalue weighted by atomic mass is 32.2. The van der Waals surface area contributed by atoms with Gasteiger partial charge >= 0.3 is 6.09 Å². The van der Waals surface area contributed by atoms with Crippen molar-refractivity contribution in [2.45, 2.75) is 25.7 Å². The third-order valence-corrected chi connectivity index (χ3v) is 5.02. The van der Waals surface area contributed by atoms with Crippen LogP contribution in [0, 0.1) is 0 Å². The number of sulfonamides is 1. The smallest absolute Gasteiger partial charge is 0.413 e. The van der Waals surface area contributed by atoms with Crippen molar-refractivity contribution in [1.82, 2.24) is 9.62 Å². The van der Waals surface area contributed by atoms with E-state index in [-0.39, 0.29) is 23.8 Å². The average Bonchev–Trinajstić information content (AvgIpc) is 2.52. The summed E-state index contributed by atoms with van der Waals surface area (Å²) in [5.74, 6) is -0.973. The lowest BCUT2D eigenvalue weighted by Crippen LogP contribution is -2.42. The number of carbonyl (C=O) groups excluding carboxylic acids is 3. The molecule has 0 aromatic heterocycles. The Labute approximate surface area is 140 Å². The Kier molecular flexibility index (Phi) is 7.05. The molecule has 0 aliphatic heterocycles. The fourth-order valence-electron chi connectivity index (χ4n) is 1.86. The molecule has 1 rings (SSSR count). The zero-order valence-corrected chi connectivity index (χ0v) is 14.6. The average molecular weight is 356 g/mol. The van der Waals surface area contributed by atoms with Crippen molar-refractivity contribution in [3.8, 4) is 0 Å². The summed E-state index contributed by atoms with van der Waals surface area (Å²) >= 11 is 0. The number of hydrogen-bond donors (Lipinski definition) is 1. The number of carbonyl (C=O) groups is 3. The summed E-state index contributed by atoms with van der Waals surface area (Å²) in [4.78, 5) is 34.1. The van der Waals surface area contributed by atoms with Crippen LogP contribution in [0.5, 0.6) is 0 Å². The Bertz CT molecular complexity index is 712. The van der Waals surface area contributed by atoms with Crippen LogP contribution in [-0.2, 0) is 19.6 Å². The van der Waals surface area contributed by atoms with Crippen LogP contribution in [0.25, 0.3) is 0 Å². The third-order valence-electron chi connectivity index (χ3n) is 3.09. The van der Waals surface area contributed by atoms with Gasteiger partial charge in [0.25, 0.3) is 0 Å². The molecule has 0 aliphatic rings. The number of rotatable bonds is 7. The molecule has 8 nitrogen and oxygen atoms in total. The number of hydrogen-bond acceptors (Lipinski definition) is 6. The van der Waals surface area contributed by atoms with E-state index < -0.39 is 28.6 Å². The number of ether oxygens (including phenoxy) is 1. The van der Waals surface area contributed by atoms with Gasteiger partial charge in [0.1, 0.15) is 0 Å². The van der Waals surface area contributed by atoms with Crippen molar-refractivity contribution in [1.29, 1.82) is 0 Å². The van der Waals surface area contributed by atoms with Crippen LogP contribution in [0.15, 0.2) is 29.2 Å². The number of nitrogens with zero attached hydrogens (tertiary/aromatic N) is 1. The molecule has 1 N–H and O–H groups in total. The van der Waals surface area contributed by atoms with Gasteiger partial charge in [0.2, 0.25) is 15.9 Å². The molecular formula is C15H20N2O6S. The lowest BCUT2D eigenvalue weighted by atomic mass is 10.2. The number of benzene rings is 1. The van der Waals surface area contributed by atoms with Gasteiger partial charge in [-0.1, -0.05) is 19.1 Å². The first-order valence-electron chi connectivity index (χ1n) is 7.30. The quantitative estimate of drug-likeness (QED) is 0.735. The van der Waals surface area contributed by atoms with Gasteiger partial charge < -0.3 is 4.74 Å². The molecule has 0 bridgehead atoms. The Balaban J connectivity index is 2.90. The zero-order valence-electron chi connectivity index (χ0n) is 13.7. The van der Waals surface area contributed by atoms with Crippen LogP contribution < -0.4 is 5.32 Å². The summed E-state index contributed by atoms with van der Waals surface area (Å²) in [5, 5.41) is 1.94. The van der Waals surface area contributed by atoms with Gasteiger partial charge in [0.05, 0.1) is 18.0 Å². The Morgan fingerprint density at radius 2 is 1.71 bits per heavy atom. The van der Waals surface area contributed by atoms with Crippen LogP contribution in [-0.4, -0.2) is 50.2 Å². The lowest BCUT2D eigenvalue weighted by molar-refractivity contribution is -0.120. The summed E-state index contributed by atoms with van der Waals surface area (Å²) in [5.41, 5.74) is 0.386. The predicted octanol–water partition coefficient (Wildman–Crippen LogP) is 1.17. The fraction of sp³-hybridized carbons (Fsp3) is 0.400. The first-order valence-corrected chi connectivity index (χ1v) is 8.74. The van der Waals surface area contributed by atoms with Crippen molar-refractivity contribution in [3.63, 3.8) is 0 Å². The first kappa shape index (κ1) is 19.8. The lowest BCUT2D eigenvalue weighted by Gasteiger charge is -2.19. The number of amides is 2. The highest BCUT2D eigenvalue weighted by Crippen LogP contribution is 2.16. The standard InChI is InChI=1S/C15H20N2O6S/c1-4-17(10-14(19)16-15(20)23-5-2)24(21,22)13-8-6-12(7-9-13)11(3)18/h6-9H,4-5,10H2,1-3H3,(H,16,19,20). The van der Waals surface area contributed by atoms with E-state index in [4.69, 9.17) is 0 Å². The molecule has 0 spiro atoms. The molecule has 0 heterocycles. The molecule has 0 atom stereocenters. The van der Waals surface area contributed by atoms with Crippen molar-refractivity contribution in [3.05, 3.63) is 29.8 Å². The fourth-order valence-corrected chi connectivity index (χ4v) is 3.26. The molecule has 0 radical (unpaired) electrons. The van der Waals surface area contributed by atoms with E-state index in [1.54, 1.807) is 13.8 Å². The first-order chi connectivity index (χ1) is 11.2. The number of imide groups is 1. The molecule has 0 fully saturated rings. The molecule has 24 heavy (non-hydrogen) atoms. The molecule has 0 saturated heterocycles. The number of Topliss-reactive ketones (excluding diaryl/α,β-unsaturated/α-hetero) is 1. The van der Waals surface area contributed by atoms with Crippen molar-refractivity contribution in [2.24, 2.45) is 0 Å². The molecule has 1 aromatic rings. The van der Waals surface area contributed by atoms with Crippen molar-refractivity contribution in [2.75, 3.05) is 19.7 Å². The van der Waals surface area contributed by atoms with Gasteiger partial charge in [0, 0.05) is 12.1 Å². The third kappa shape index (κ3) is 5.14.